The Hall–Kier alpha value is -0.640. The Morgan fingerprint density at radius 1 is 1.50 bits per heavy atom. The van der Waals surface area contributed by atoms with Gasteiger partial charge in [-0.3, -0.25) is 0 Å². The first kappa shape index (κ1) is 11.4. The van der Waals surface area contributed by atoms with Gasteiger partial charge in [-0.2, -0.15) is 18.4 Å². The molecule has 0 radical (unpaired) electrons. The van der Waals surface area contributed by atoms with Gasteiger partial charge in [-0.25, -0.2) is 4.72 Å². The normalized spacial score (nSPS) is 13.8. The Morgan fingerprint density at radius 2 is 2.08 bits per heavy atom. The van der Waals surface area contributed by atoms with Crippen LogP contribution in [0.15, 0.2) is 0 Å². The van der Waals surface area contributed by atoms with Gasteiger partial charge in [-0.05, 0) is 6.42 Å². The number of nitriles is 1. The average molecular weight is 191 g/mol. The molecule has 0 saturated heterocycles. The average Bonchev–Trinajstić information content (AvgIpc) is 2.00. The third kappa shape index (κ3) is 4.28. The Morgan fingerprint density at radius 3 is 2.42 bits per heavy atom. The number of nitrogens with one attached hydrogen (secondary N) is 2. The largest absolute Gasteiger partial charge is 0.278 e. The summed E-state index contributed by atoms with van der Waals surface area (Å²) < 4.78 is 26.4. The van der Waals surface area contributed by atoms with E-state index in [1.165, 1.54) is 0 Å². The Kier molecular flexibility index (Phi) is 4.81. The molecule has 1 unspecified atom stereocenters. The van der Waals surface area contributed by atoms with Crippen LogP contribution in [0.1, 0.15) is 20.3 Å². The van der Waals surface area contributed by atoms with E-state index in [9.17, 15) is 8.42 Å². The van der Waals surface area contributed by atoms with Crippen molar-refractivity contribution in [2.75, 3.05) is 6.54 Å². The molecule has 12 heavy (non-hydrogen) atoms. The Balaban J connectivity index is 4.16. The smallest absolute Gasteiger partial charge is 0.203 e. The number of hydrogen-bond donors (Lipinski definition) is 2. The van der Waals surface area contributed by atoms with Crippen LogP contribution in [0, 0.1) is 11.3 Å². The van der Waals surface area contributed by atoms with E-state index >= 15 is 0 Å². The van der Waals surface area contributed by atoms with Crippen LogP contribution in [0.4, 0.5) is 0 Å². The molecule has 0 aliphatic heterocycles. The number of nitrogens with zero attached hydrogens (tertiary/aromatic N) is 1. The van der Waals surface area contributed by atoms with E-state index in [4.69, 9.17) is 5.26 Å². The van der Waals surface area contributed by atoms with Gasteiger partial charge in [0, 0.05) is 6.54 Å². The van der Waals surface area contributed by atoms with Crippen LogP contribution in [0.5, 0.6) is 0 Å². The summed E-state index contributed by atoms with van der Waals surface area (Å²) in [7, 11) is -3.48. The lowest BCUT2D eigenvalue weighted by atomic mass is 10.3. The predicted octanol–water partition coefficient (Wildman–Crippen LogP) is -0.268. The van der Waals surface area contributed by atoms with Crippen LogP contribution in [-0.4, -0.2) is 21.0 Å². The molecule has 0 amide bonds. The zero-order valence-electron chi connectivity index (χ0n) is 7.16. The van der Waals surface area contributed by atoms with Crippen LogP contribution < -0.4 is 9.44 Å². The summed E-state index contributed by atoms with van der Waals surface area (Å²) in [6.45, 7) is 3.73. The van der Waals surface area contributed by atoms with Crippen molar-refractivity contribution in [2.24, 2.45) is 0 Å². The van der Waals surface area contributed by atoms with E-state index in [0.717, 1.165) is 0 Å². The minimum absolute atomic E-state index is 0.317. The van der Waals surface area contributed by atoms with Gasteiger partial charge >= 0.3 is 0 Å². The van der Waals surface area contributed by atoms with Crippen LogP contribution in [0.2, 0.25) is 0 Å². The fraction of sp³-hybridized carbons (Fsp3) is 0.833. The summed E-state index contributed by atoms with van der Waals surface area (Å²) >= 11 is 0. The highest BCUT2D eigenvalue weighted by Gasteiger charge is 2.13. The molecule has 5 nitrogen and oxygen atoms in total. The first-order valence-corrected chi connectivity index (χ1v) is 5.20. The van der Waals surface area contributed by atoms with Gasteiger partial charge in [0.05, 0.1) is 6.07 Å². The van der Waals surface area contributed by atoms with Gasteiger partial charge in [0.25, 0.3) is 10.2 Å². The lowest BCUT2D eigenvalue weighted by molar-refractivity contribution is 0.557. The molecule has 0 aliphatic carbocycles. The molecule has 0 aromatic rings. The SMILES string of the molecule is CCNS(=O)(=O)NC(C#N)CC. The van der Waals surface area contributed by atoms with Crippen LogP contribution in [0.25, 0.3) is 0 Å². The van der Waals surface area contributed by atoms with Gasteiger partial charge in [-0.1, -0.05) is 13.8 Å². The highest BCUT2D eigenvalue weighted by atomic mass is 32.2. The van der Waals surface area contributed by atoms with Crippen molar-refractivity contribution in [3.63, 3.8) is 0 Å². The molecule has 0 heterocycles. The maximum absolute atomic E-state index is 11.0. The minimum Gasteiger partial charge on any atom is -0.203 e. The molecule has 0 aromatic carbocycles. The molecule has 6 heteroatoms. The first-order valence-electron chi connectivity index (χ1n) is 3.72. The van der Waals surface area contributed by atoms with Gasteiger partial charge < -0.3 is 0 Å². The number of rotatable bonds is 5. The topological polar surface area (TPSA) is 82.0 Å². The summed E-state index contributed by atoms with van der Waals surface area (Å²) in [5.74, 6) is 0. The summed E-state index contributed by atoms with van der Waals surface area (Å²) in [5.41, 5.74) is 0. The third-order valence-electron chi connectivity index (χ3n) is 1.20. The quantitative estimate of drug-likeness (QED) is 0.627. The van der Waals surface area contributed by atoms with Crippen molar-refractivity contribution < 1.29 is 8.42 Å². The maximum Gasteiger partial charge on any atom is 0.278 e. The minimum atomic E-state index is -3.48. The molecule has 2 N–H and O–H groups in total. The summed E-state index contributed by atoms with van der Waals surface area (Å²) in [4.78, 5) is 0. The Bertz CT molecular complexity index is 254. The van der Waals surface area contributed by atoms with Crippen molar-refractivity contribution >= 4 is 10.2 Å². The van der Waals surface area contributed by atoms with Crippen molar-refractivity contribution in [3.8, 4) is 6.07 Å². The lowest BCUT2D eigenvalue weighted by Crippen LogP contribution is -2.41. The number of hydrogen-bond acceptors (Lipinski definition) is 3. The molecule has 0 bridgehead atoms. The van der Waals surface area contributed by atoms with E-state index in [0.29, 0.717) is 13.0 Å². The molecular formula is C6H13N3O2S. The third-order valence-corrected chi connectivity index (χ3v) is 2.46. The first-order chi connectivity index (χ1) is 5.55. The van der Waals surface area contributed by atoms with Crippen molar-refractivity contribution in [2.45, 2.75) is 26.3 Å². The summed E-state index contributed by atoms with van der Waals surface area (Å²) in [6.07, 6.45) is 0.459. The Labute approximate surface area is 73.0 Å². The van der Waals surface area contributed by atoms with Gasteiger partial charge in [0.15, 0.2) is 0 Å². The summed E-state index contributed by atoms with van der Waals surface area (Å²) in [6, 6.07) is 1.19. The zero-order chi connectivity index (χ0) is 9.61. The maximum atomic E-state index is 11.0. The summed E-state index contributed by atoms with van der Waals surface area (Å²) in [5, 5.41) is 8.45. The van der Waals surface area contributed by atoms with E-state index in [-0.39, 0.29) is 0 Å². The zero-order valence-corrected chi connectivity index (χ0v) is 7.98. The van der Waals surface area contributed by atoms with E-state index in [1.54, 1.807) is 13.8 Å². The second-order valence-corrected chi connectivity index (χ2v) is 3.74. The predicted molar refractivity (Wildman–Crippen MR) is 45.4 cm³/mol. The van der Waals surface area contributed by atoms with Gasteiger partial charge in [-0.15, -0.1) is 0 Å². The standard InChI is InChI=1S/C6H13N3O2S/c1-3-6(5-7)9-12(10,11)8-4-2/h6,8-9H,3-4H2,1-2H3. The van der Waals surface area contributed by atoms with Gasteiger partial charge in [0.2, 0.25) is 0 Å². The van der Waals surface area contributed by atoms with Crippen molar-refractivity contribution in [1.82, 2.24) is 9.44 Å². The second-order valence-electron chi connectivity index (χ2n) is 2.21. The van der Waals surface area contributed by atoms with Crippen molar-refractivity contribution in [3.05, 3.63) is 0 Å². The lowest BCUT2D eigenvalue weighted by Gasteiger charge is -2.09. The fourth-order valence-electron chi connectivity index (χ4n) is 0.620. The molecule has 0 aliphatic rings. The molecular weight excluding hydrogens is 178 g/mol. The molecule has 0 saturated carbocycles. The molecule has 0 spiro atoms. The van der Waals surface area contributed by atoms with Gasteiger partial charge in [0.1, 0.15) is 6.04 Å². The van der Waals surface area contributed by atoms with Crippen LogP contribution >= 0.6 is 0 Å². The van der Waals surface area contributed by atoms with E-state index < -0.39 is 16.3 Å². The highest BCUT2D eigenvalue weighted by molar-refractivity contribution is 7.87. The molecule has 0 rings (SSSR count). The second kappa shape index (κ2) is 5.09. The monoisotopic (exact) mass is 191 g/mol. The molecule has 1 atom stereocenters. The van der Waals surface area contributed by atoms with E-state index in [1.807, 2.05) is 6.07 Å². The highest BCUT2D eigenvalue weighted by Crippen LogP contribution is 1.90. The van der Waals surface area contributed by atoms with Crippen molar-refractivity contribution in [1.29, 1.82) is 5.26 Å². The van der Waals surface area contributed by atoms with Crippen LogP contribution in [-0.2, 0) is 10.2 Å². The van der Waals surface area contributed by atoms with Crippen LogP contribution in [0.3, 0.4) is 0 Å². The van der Waals surface area contributed by atoms with E-state index in [2.05, 4.69) is 9.44 Å². The molecule has 70 valence electrons. The molecule has 0 fully saturated rings. The fourth-order valence-corrected chi connectivity index (χ4v) is 1.68. The molecule has 0 aromatic heterocycles.